The summed E-state index contributed by atoms with van der Waals surface area (Å²) >= 11 is 6.08. The maximum Gasteiger partial charge on any atom is 0.285 e. The highest BCUT2D eigenvalue weighted by atomic mass is 35.5. The molecule has 0 spiro atoms. The molecule has 0 aliphatic carbocycles. The van der Waals surface area contributed by atoms with E-state index in [2.05, 4.69) is 0 Å². The minimum Gasteiger partial charge on any atom is -0.321 e. The predicted molar refractivity (Wildman–Crippen MR) is 75.9 cm³/mol. The predicted octanol–water partition coefficient (Wildman–Crippen LogP) is 2.15. The summed E-state index contributed by atoms with van der Waals surface area (Å²) in [6, 6.07) is 6.09. The lowest BCUT2D eigenvalue weighted by atomic mass is 10.2. The van der Waals surface area contributed by atoms with Crippen LogP contribution in [0.1, 0.15) is 0 Å². The van der Waals surface area contributed by atoms with Gasteiger partial charge in [-0.25, -0.2) is 8.42 Å². The quantitative estimate of drug-likeness (QED) is 0.369. The fourth-order valence-corrected chi connectivity index (χ4v) is 2.63. The van der Waals surface area contributed by atoms with E-state index in [1.165, 1.54) is 35.4 Å². The Balaban J connectivity index is 2.45. The van der Waals surface area contributed by atoms with Crippen molar-refractivity contribution in [1.29, 1.82) is 0 Å². The molecule has 2 rings (SSSR count). The Labute approximate surface area is 121 Å². The van der Waals surface area contributed by atoms with Crippen LogP contribution in [0.4, 0.5) is 5.69 Å². The minimum atomic E-state index is -3.35. The molecule has 20 heavy (non-hydrogen) atoms. The number of anilines is 1. The molecule has 1 unspecified atom stereocenters. The Morgan fingerprint density at radius 1 is 1.40 bits per heavy atom. The second-order valence-corrected chi connectivity index (χ2v) is 6.68. The Bertz CT molecular complexity index is 712. The fourth-order valence-electron chi connectivity index (χ4n) is 1.73. The van der Waals surface area contributed by atoms with Crippen LogP contribution in [0.5, 0.6) is 0 Å². The lowest BCUT2D eigenvalue weighted by Gasteiger charge is -2.25. The van der Waals surface area contributed by atoms with Crippen LogP contribution in [-0.2, 0) is 9.84 Å². The third kappa shape index (κ3) is 3.00. The molecule has 0 saturated heterocycles. The second-order valence-electron chi connectivity index (χ2n) is 4.22. The van der Waals surface area contributed by atoms with Gasteiger partial charge in [0.1, 0.15) is 5.50 Å². The summed E-state index contributed by atoms with van der Waals surface area (Å²) in [5.41, 5.74) is -0.267. The number of allylic oxidation sites excluding steroid dienone is 1. The Hall–Kier alpha value is -1.86. The molecule has 1 aliphatic rings. The third-order valence-electron chi connectivity index (χ3n) is 2.72. The number of halogens is 1. The average Bonchev–Trinajstić information content (AvgIpc) is 2.38. The first-order chi connectivity index (χ1) is 9.29. The van der Waals surface area contributed by atoms with Crippen LogP contribution in [0.15, 0.2) is 53.2 Å². The fraction of sp³-hybridized carbons (Fsp3) is 0.167. The highest BCUT2D eigenvalue weighted by molar-refractivity contribution is 7.90. The van der Waals surface area contributed by atoms with Gasteiger partial charge < -0.3 is 4.90 Å². The van der Waals surface area contributed by atoms with Gasteiger partial charge in [0.05, 0.1) is 16.0 Å². The van der Waals surface area contributed by atoms with Crippen molar-refractivity contribution >= 4 is 27.1 Å². The molecule has 1 atom stereocenters. The minimum absolute atomic E-state index is 0.119. The molecular formula is C12H11ClN2O4S. The molecule has 1 heterocycles. The molecule has 0 amide bonds. The first kappa shape index (κ1) is 14.5. The van der Waals surface area contributed by atoms with Crippen molar-refractivity contribution in [2.45, 2.75) is 10.4 Å². The molecule has 1 aliphatic heterocycles. The van der Waals surface area contributed by atoms with Gasteiger partial charge in [-0.05, 0) is 24.3 Å². The Kier molecular flexibility index (Phi) is 3.82. The van der Waals surface area contributed by atoms with E-state index in [1.807, 2.05) is 0 Å². The zero-order valence-electron chi connectivity index (χ0n) is 10.4. The first-order valence-corrected chi connectivity index (χ1v) is 7.89. The van der Waals surface area contributed by atoms with E-state index in [9.17, 15) is 18.5 Å². The molecule has 0 saturated carbocycles. The molecule has 0 bridgehead atoms. The normalized spacial score (nSPS) is 18.8. The van der Waals surface area contributed by atoms with Crippen LogP contribution in [-0.4, -0.2) is 25.1 Å². The monoisotopic (exact) mass is 314 g/mol. The smallest absolute Gasteiger partial charge is 0.285 e. The molecule has 0 radical (unpaired) electrons. The van der Waals surface area contributed by atoms with E-state index in [-0.39, 0.29) is 10.6 Å². The van der Waals surface area contributed by atoms with Gasteiger partial charge in [0.2, 0.25) is 0 Å². The van der Waals surface area contributed by atoms with Crippen molar-refractivity contribution in [3.05, 3.63) is 58.4 Å². The molecule has 6 nitrogen and oxygen atoms in total. The van der Waals surface area contributed by atoms with E-state index < -0.39 is 20.3 Å². The number of sulfone groups is 1. The molecule has 1 aromatic carbocycles. The first-order valence-electron chi connectivity index (χ1n) is 5.56. The molecule has 106 valence electrons. The zero-order valence-corrected chi connectivity index (χ0v) is 12.0. The number of alkyl halides is 1. The lowest BCUT2D eigenvalue weighted by molar-refractivity contribution is -0.419. The van der Waals surface area contributed by atoms with Gasteiger partial charge in [0, 0.05) is 18.0 Å². The molecule has 1 aromatic rings. The van der Waals surface area contributed by atoms with Gasteiger partial charge in [0.25, 0.3) is 5.70 Å². The van der Waals surface area contributed by atoms with Gasteiger partial charge in [-0.3, -0.25) is 10.1 Å². The summed E-state index contributed by atoms with van der Waals surface area (Å²) in [7, 11) is -3.35. The summed E-state index contributed by atoms with van der Waals surface area (Å²) in [5, 5.41) is 10.8. The van der Waals surface area contributed by atoms with Gasteiger partial charge in [0.15, 0.2) is 9.84 Å². The van der Waals surface area contributed by atoms with Gasteiger partial charge >= 0.3 is 0 Å². The number of hydrogen-bond acceptors (Lipinski definition) is 5. The summed E-state index contributed by atoms with van der Waals surface area (Å²) in [6.45, 7) is 0. The Morgan fingerprint density at radius 2 is 2.10 bits per heavy atom. The average molecular weight is 315 g/mol. The number of nitrogens with zero attached hydrogens (tertiary/aromatic N) is 2. The van der Waals surface area contributed by atoms with Gasteiger partial charge in [-0.15, -0.1) is 0 Å². The van der Waals surface area contributed by atoms with Crippen LogP contribution in [0.25, 0.3) is 0 Å². The van der Waals surface area contributed by atoms with E-state index in [4.69, 9.17) is 11.6 Å². The van der Waals surface area contributed by atoms with E-state index >= 15 is 0 Å². The molecule has 0 N–H and O–H groups in total. The highest BCUT2D eigenvalue weighted by Gasteiger charge is 2.22. The van der Waals surface area contributed by atoms with Gasteiger partial charge in [-0.1, -0.05) is 17.7 Å². The van der Waals surface area contributed by atoms with E-state index in [1.54, 1.807) is 12.1 Å². The van der Waals surface area contributed by atoms with Crippen molar-refractivity contribution in [3.8, 4) is 0 Å². The van der Waals surface area contributed by atoms with E-state index in [0.717, 1.165) is 6.26 Å². The molecular weight excluding hydrogens is 304 g/mol. The number of hydrogen-bond donors (Lipinski definition) is 0. The van der Waals surface area contributed by atoms with Crippen molar-refractivity contribution in [3.63, 3.8) is 0 Å². The van der Waals surface area contributed by atoms with Crippen molar-refractivity contribution < 1.29 is 13.3 Å². The number of benzene rings is 1. The summed E-state index contributed by atoms with van der Waals surface area (Å²) in [5.74, 6) is 0. The zero-order chi connectivity index (χ0) is 14.9. The van der Waals surface area contributed by atoms with Crippen LogP contribution >= 0.6 is 11.6 Å². The second kappa shape index (κ2) is 5.26. The largest absolute Gasteiger partial charge is 0.321 e. The lowest BCUT2D eigenvalue weighted by Crippen LogP contribution is -2.28. The highest BCUT2D eigenvalue weighted by Crippen LogP contribution is 2.27. The summed E-state index contributed by atoms with van der Waals surface area (Å²) in [6.07, 6.45) is 5.15. The number of rotatable bonds is 3. The van der Waals surface area contributed by atoms with Crippen LogP contribution in [0.3, 0.4) is 0 Å². The summed E-state index contributed by atoms with van der Waals surface area (Å²) < 4.78 is 23.1. The summed E-state index contributed by atoms with van der Waals surface area (Å²) in [4.78, 5) is 11.8. The van der Waals surface area contributed by atoms with Crippen molar-refractivity contribution in [2.24, 2.45) is 0 Å². The van der Waals surface area contributed by atoms with Crippen LogP contribution in [0, 0.1) is 10.1 Å². The topological polar surface area (TPSA) is 80.5 Å². The number of nitro groups is 1. The standard InChI is InChI=1S/C12H11ClN2O4S/c1-20(18,19)11-4-2-3-9(7-11)14-8-10(15(16)17)5-6-12(14)13/h2-8,12H,1H3. The maximum atomic E-state index is 11.5. The van der Waals surface area contributed by atoms with Crippen LogP contribution < -0.4 is 4.90 Å². The third-order valence-corrected chi connectivity index (χ3v) is 4.18. The molecule has 0 aromatic heterocycles. The SMILES string of the molecule is CS(=O)(=O)c1cccc(N2C=C([N+](=O)[O-])C=CC2Cl)c1. The van der Waals surface area contributed by atoms with Crippen molar-refractivity contribution in [2.75, 3.05) is 11.2 Å². The van der Waals surface area contributed by atoms with Gasteiger partial charge in [-0.2, -0.15) is 0 Å². The maximum absolute atomic E-state index is 11.5. The van der Waals surface area contributed by atoms with Crippen molar-refractivity contribution in [1.82, 2.24) is 0 Å². The molecule has 8 heteroatoms. The van der Waals surface area contributed by atoms with Crippen LogP contribution in [0.2, 0.25) is 0 Å². The van der Waals surface area contributed by atoms with E-state index in [0.29, 0.717) is 5.69 Å². The molecule has 0 fully saturated rings. The Morgan fingerprint density at radius 3 is 2.70 bits per heavy atom.